The maximum Gasteiger partial charge on any atom is 0.139 e. The Morgan fingerprint density at radius 3 is 2.61 bits per heavy atom. The molecule has 0 aromatic carbocycles. The van der Waals surface area contributed by atoms with E-state index in [4.69, 9.17) is 9.78 Å². The molecular weight excluding hydrogens is 248 g/mol. The molecule has 1 N–H and O–H groups in total. The van der Waals surface area contributed by atoms with Crippen LogP contribution in [0.1, 0.15) is 41.2 Å². The lowest BCUT2D eigenvalue weighted by Crippen LogP contribution is -2.08. The van der Waals surface area contributed by atoms with E-state index < -0.39 is 0 Å². The standard InChI is InChI=1S/C12H14N4OS/c1-6-10(5-13)12(18-16-6)14-7(2)11-8(3)15-17-9(11)4/h7,14H,1-4H3. The molecule has 0 aliphatic heterocycles. The van der Waals surface area contributed by atoms with Gasteiger partial charge in [-0.1, -0.05) is 5.16 Å². The molecule has 6 heteroatoms. The number of hydrogen-bond donors (Lipinski definition) is 1. The van der Waals surface area contributed by atoms with E-state index in [9.17, 15) is 0 Å². The molecule has 0 amide bonds. The smallest absolute Gasteiger partial charge is 0.139 e. The second-order valence-electron chi connectivity index (χ2n) is 4.19. The van der Waals surface area contributed by atoms with E-state index in [2.05, 4.69) is 20.9 Å². The van der Waals surface area contributed by atoms with Crippen molar-refractivity contribution in [1.82, 2.24) is 9.53 Å². The highest BCUT2D eigenvalue weighted by Crippen LogP contribution is 2.30. The van der Waals surface area contributed by atoms with Crippen LogP contribution in [-0.4, -0.2) is 9.53 Å². The molecule has 2 aromatic rings. The molecule has 94 valence electrons. The van der Waals surface area contributed by atoms with Gasteiger partial charge in [0.25, 0.3) is 0 Å². The highest BCUT2D eigenvalue weighted by atomic mass is 32.1. The number of nitrogens with zero attached hydrogens (tertiary/aromatic N) is 3. The van der Waals surface area contributed by atoms with Crippen molar-refractivity contribution in [1.29, 1.82) is 5.26 Å². The Labute approximate surface area is 110 Å². The summed E-state index contributed by atoms with van der Waals surface area (Å²) in [6.07, 6.45) is 0. The summed E-state index contributed by atoms with van der Waals surface area (Å²) in [5, 5.41) is 17.1. The summed E-state index contributed by atoms with van der Waals surface area (Å²) < 4.78 is 9.33. The Hall–Kier alpha value is -1.87. The molecule has 1 atom stereocenters. The highest BCUT2D eigenvalue weighted by molar-refractivity contribution is 7.10. The van der Waals surface area contributed by atoms with Gasteiger partial charge in [-0.3, -0.25) is 0 Å². The molecule has 2 heterocycles. The minimum absolute atomic E-state index is 0.0307. The van der Waals surface area contributed by atoms with Gasteiger partial charge in [0, 0.05) is 5.56 Å². The lowest BCUT2D eigenvalue weighted by atomic mass is 10.1. The van der Waals surface area contributed by atoms with Gasteiger partial charge in [-0.15, -0.1) is 0 Å². The number of hydrogen-bond acceptors (Lipinski definition) is 6. The molecule has 0 spiro atoms. The van der Waals surface area contributed by atoms with Crippen molar-refractivity contribution in [2.45, 2.75) is 33.7 Å². The Morgan fingerprint density at radius 1 is 1.33 bits per heavy atom. The van der Waals surface area contributed by atoms with Crippen LogP contribution in [0.2, 0.25) is 0 Å². The maximum absolute atomic E-state index is 9.09. The van der Waals surface area contributed by atoms with Gasteiger partial charge in [-0.25, -0.2) is 0 Å². The van der Waals surface area contributed by atoms with Crippen LogP contribution < -0.4 is 5.32 Å². The van der Waals surface area contributed by atoms with Gasteiger partial charge in [0.15, 0.2) is 0 Å². The van der Waals surface area contributed by atoms with Gasteiger partial charge >= 0.3 is 0 Å². The predicted molar refractivity (Wildman–Crippen MR) is 69.6 cm³/mol. The Bertz CT molecular complexity index is 589. The van der Waals surface area contributed by atoms with Crippen LogP contribution in [0, 0.1) is 32.1 Å². The summed E-state index contributed by atoms with van der Waals surface area (Å²) in [5.41, 5.74) is 3.27. The van der Waals surface area contributed by atoms with Gasteiger partial charge in [0.05, 0.1) is 17.4 Å². The maximum atomic E-state index is 9.09. The zero-order valence-corrected chi connectivity index (χ0v) is 11.6. The van der Waals surface area contributed by atoms with E-state index in [1.165, 1.54) is 11.5 Å². The van der Waals surface area contributed by atoms with Crippen molar-refractivity contribution in [2.75, 3.05) is 5.32 Å². The average molecular weight is 262 g/mol. The molecule has 0 aliphatic rings. The fourth-order valence-corrected chi connectivity index (χ4v) is 2.81. The zero-order chi connectivity index (χ0) is 13.3. The van der Waals surface area contributed by atoms with Crippen LogP contribution in [0.3, 0.4) is 0 Å². The van der Waals surface area contributed by atoms with Crippen molar-refractivity contribution in [3.8, 4) is 6.07 Å². The highest BCUT2D eigenvalue weighted by Gasteiger charge is 2.19. The fraction of sp³-hybridized carbons (Fsp3) is 0.417. The van der Waals surface area contributed by atoms with Crippen molar-refractivity contribution in [2.24, 2.45) is 0 Å². The molecule has 0 saturated carbocycles. The number of nitrogens with one attached hydrogen (secondary N) is 1. The SMILES string of the molecule is Cc1nsc(NC(C)c2c(C)noc2C)c1C#N. The van der Waals surface area contributed by atoms with E-state index in [1.807, 2.05) is 27.7 Å². The molecule has 0 aliphatic carbocycles. The van der Waals surface area contributed by atoms with Gasteiger partial charge in [-0.2, -0.15) is 9.64 Å². The molecule has 0 saturated heterocycles. The number of rotatable bonds is 3. The lowest BCUT2D eigenvalue weighted by Gasteiger charge is -2.13. The van der Waals surface area contributed by atoms with Gasteiger partial charge in [-0.05, 0) is 39.2 Å². The largest absolute Gasteiger partial charge is 0.368 e. The third-order valence-electron chi connectivity index (χ3n) is 2.84. The molecule has 2 rings (SSSR count). The van der Waals surface area contributed by atoms with Crippen LogP contribution in [0.4, 0.5) is 5.00 Å². The van der Waals surface area contributed by atoms with E-state index >= 15 is 0 Å². The predicted octanol–water partition coefficient (Wildman–Crippen LogP) is 3.10. The molecule has 0 fully saturated rings. The van der Waals surface area contributed by atoms with Crippen LogP contribution in [0.25, 0.3) is 0 Å². The molecule has 0 radical (unpaired) electrons. The summed E-state index contributed by atoms with van der Waals surface area (Å²) in [4.78, 5) is 0. The van der Waals surface area contributed by atoms with Crippen molar-refractivity contribution >= 4 is 16.5 Å². The molecule has 2 aromatic heterocycles. The van der Waals surface area contributed by atoms with Gasteiger partial charge in [0.2, 0.25) is 0 Å². The summed E-state index contributed by atoms with van der Waals surface area (Å²) in [6.45, 7) is 7.65. The minimum atomic E-state index is 0.0307. The second kappa shape index (κ2) is 4.78. The molecule has 5 nitrogen and oxygen atoms in total. The number of aryl methyl sites for hydroxylation is 3. The van der Waals surface area contributed by atoms with E-state index in [-0.39, 0.29) is 6.04 Å². The van der Waals surface area contributed by atoms with Crippen molar-refractivity contribution in [3.05, 3.63) is 28.3 Å². The Morgan fingerprint density at radius 2 is 2.06 bits per heavy atom. The lowest BCUT2D eigenvalue weighted by molar-refractivity contribution is 0.392. The quantitative estimate of drug-likeness (QED) is 0.919. The van der Waals surface area contributed by atoms with E-state index in [1.54, 1.807) is 0 Å². The third kappa shape index (κ3) is 2.09. The first-order valence-corrected chi connectivity index (χ1v) is 6.37. The van der Waals surface area contributed by atoms with Crippen LogP contribution in [0.5, 0.6) is 0 Å². The summed E-state index contributed by atoms with van der Waals surface area (Å²) >= 11 is 1.30. The van der Waals surface area contributed by atoms with Crippen LogP contribution in [0.15, 0.2) is 4.52 Å². The van der Waals surface area contributed by atoms with E-state index in [0.29, 0.717) is 5.56 Å². The van der Waals surface area contributed by atoms with Crippen LogP contribution in [-0.2, 0) is 0 Å². The molecule has 18 heavy (non-hydrogen) atoms. The van der Waals surface area contributed by atoms with Gasteiger partial charge < -0.3 is 9.84 Å². The van der Waals surface area contributed by atoms with Crippen molar-refractivity contribution in [3.63, 3.8) is 0 Å². The minimum Gasteiger partial charge on any atom is -0.368 e. The number of aromatic nitrogens is 2. The first-order valence-electron chi connectivity index (χ1n) is 5.60. The van der Waals surface area contributed by atoms with Gasteiger partial charge in [0.1, 0.15) is 22.4 Å². The monoisotopic (exact) mass is 262 g/mol. The number of nitriles is 1. The summed E-state index contributed by atoms with van der Waals surface area (Å²) in [5.74, 6) is 0.798. The Kier molecular flexibility index (Phi) is 3.34. The third-order valence-corrected chi connectivity index (χ3v) is 3.71. The fourth-order valence-electron chi connectivity index (χ4n) is 1.98. The summed E-state index contributed by atoms with van der Waals surface area (Å²) in [6, 6.07) is 2.20. The zero-order valence-electron chi connectivity index (χ0n) is 10.7. The molecular formula is C12H14N4OS. The number of anilines is 1. The van der Waals surface area contributed by atoms with Crippen molar-refractivity contribution < 1.29 is 4.52 Å². The summed E-state index contributed by atoms with van der Waals surface area (Å²) in [7, 11) is 0. The normalized spacial score (nSPS) is 12.2. The van der Waals surface area contributed by atoms with Crippen LogP contribution >= 0.6 is 11.5 Å². The first-order chi connectivity index (χ1) is 8.54. The second-order valence-corrected chi connectivity index (χ2v) is 4.96. The average Bonchev–Trinajstić information content (AvgIpc) is 2.83. The molecule has 0 bridgehead atoms. The first kappa shape index (κ1) is 12.6. The topological polar surface area (TPSA) is 74.7 Å². The van der Waals surface area contributed by atoms with E-state index in [0.717, 1.165) is 27.7 Å². The Balaban J connectivity index is 2.27. The molecule has 1 unspecified atom stereocenters.